The molecule has 0 atom stereocenters. The van der Waals surface area contributed by atoms with Crippen LogP contribution in [-0.4, -0.2) is 33.7 Å². The number of Topliss-reactive ketones (excluding diaryl/α,β-unsaturated/α-hetero) is 1. The van der Waals surface area contributed by atoms with Gasteiger partial charge in [-0.05, 0) is 18.2 Å². The van der Waals surface area contributed by atoms with Crippen LogP contribution in [0.5, 0.6) is 0 Å². The first-order valence-electron chi connectivity index (χ1n) is 6.45. The Kier molecular flexibility index (Phi) is 6.73. The number of benzene rings is 1. The van der Waals surface area contributed by atoms with Crippen molar-refractivity contribution in [3.05, 3.63) is 41.4 Å². The zero-order valence-corrected chi connectivity index (χ0v) is 13.6. The molecule has 0 spiro atoms. The van der Waals surface area contributed by atoms with Crippen LogP contribution in [-0.2, 0) is 14.8 Å². The molecule has 0 aliphatic rings. The van der Waals surface area contributed by atoms with E-state index >= 15 is 0 Å². The number of halogens is 1. The molecule has 1 rings (SSSR count). The topological polar surface area (TPSA) is 92.3 Å². The van der Waals surface area contributed by atoms with E-state index in [0.29, 0.717) is 0 Å². The molecule has 0 saturated carbocycles. The summed E-state index contributed by atoms with van der Waals surface area (Å²) in [4.78, 5) is 23.0. The molecule has 6 nitrogen and oxygen atoms in total. The van der Waals surface area contributed by atoms with Gasteiger partial charge in [0.15, 0.2) is 5.78 Å². The molecule has 1 aromatic carbocycles. The molecule has 1 amide bonds. The lowest BCUT2D eigenvalue weighted by Crippen LogP contribution is -2.24. The molecule has 1 aromatic rings. The Bertz CT molecular complexity index is 686. The average molecular weight is 345 g/mol. The Morgan fingerprint density at radius 1 is 1.32 bits per heavy atom. The lowest BCUT2D eigenvalue weighted by molar-refractivity contribution is -0.120. The van der Waals surface area contributed by atoms with Gasteiger partial charge in [-0.3, -0.25) is 9.59 Å². The van der Waals surface area contributed by atoms with Gasteiger partial charge in [0.1, 0.15) is 4.90 Å². The molecular formula is C14H17ClN2O4S. The third-order valence-corrected chi connectivity index (χ3v) is 4.72. The van der Waals surface area contributed by atoms with Crippen LogP contribution in [0.25, 0.3) is 0 Å². The highest BCUT2D eigenvalue weighted by Crippen LogP contribution is 2.23. The van der Waals surface area contributed by atoms with E-state index in [1.54, 1.807) is 0 Å². The van der Waals surface area contributed by atoms with Crippen molar-refractivity contribution in [2.24, 2.45) is 0 Å². The van der Waals surface area contributed by atoms with Gasteiger partial charge in [0.2, 0.25) is 15.9 Å². The first-order chi connectivity index (χ1) is 10.3. The predicted molar refractivity (Wildman–Crippen MR) is 84.5 cm³/mol. The highest BCUT2D eigenvalue weighted by molar-refractivity contribution is 7.89. The van der Waals surface area contributed by atoms with Crippen molar-refractivity contribution >= 4 is 33.3 Å². The van der Waals surface area contributed by atoms with Crippen molar-refractivity contribution < 1.29 is 18.0 Å². The van der Waals surface area contributed by atoms with Crippen LogP contribution >= 0.6 is 11.6 Å². The Balaban J connectivity index is 3.01. The van der Waals surface area contributed by atoms with Gasteiger partial charge in [-0.1, -0.05) is 17.7 Å². The van der Waals surface area contributed by atoms with E-state index < -0.39 is 10.0 Å². The molecule has 22 heavy (non-hydrogen) atoms. The van der Waals surface area contributed by atoms with Crippen LogP contribution in [0.4, 0.5) is 0 Å². The van der Waals surface area contributed by atoms with Gasteiger partial charge in [-0.25, -0.2) is 13.1 Å². The van der Waals surface area contributed by atoms with Crippen LogP contribution in [0.15, 0.2) is 35.7 Å². The van der Waals surface area contributed by atoms with Gasteiger partial charge in [-0.15, -0.1) is 6.58 Å². The molecule has 0 radical (unpaired) electrons. The largest absolute Gasteiger partial charge is 0.359 e. The normalized spacial score (nSPS) is 11.0. The highest BCUT2D eigenvalue weighted by Gasteiger charge is 2.19. The molecule has 2 N–H and O–H groups in total. The molecule has 8 heteroatoms. The first-order valence-corrected chi connectivity index (χ1v) is 8.32. The minimum absolute atomic E-state index is 0.0130. The molecule has 0 saturated heterocycles. The summed E-state index contributed by atoms with van der Waals surface area (Å²) in [5.41, 5.74) is 0.187. The lowest BCUT2D eigenvalue weighted by Gasteiger charge is -2.09. The van der Waals surface area contributed by atoms with Crippen molar-refractivity contribution in [1.82, 2.24) is 10.0 Å². The van der Waals surface area contributed by atoms with Crippen molar-refractivity contribution in [2.45, 2.75) is 17.7 Å². The number of rotatable bonds is 8. The van der Waals surface area contributed by atoms with Crippen LogP contribution in [0, 0.1) is 0 Å². The zero-order chi connectivity index (χ0) is 16.8. The van der Waals surface area contributed by atoms with Crippen molar-refractivity contribution in [3.8, 4) is 0 Å². The summed E-state index contributed by atoms with van der Waals surface area (Å²) in [6.45, 7) is 3.47. The maximum Gasteiger partial charge on any atom is 0.242 e. The quantitative estimate of drug-likeness (QED) is 0.552. The van der Waals surface area contributed by atoms with Crippen molar-refractivity contribution in [2.75, 3.05) is 13.6 Å². The molecule has 0 bridgehead atoms. The Morgan fingerprint density at radius 3 is 2.59 bits per heavy atom. The summed E-state index contributed by atoms with van der Waals surface area (Å²) in [6.07, 6.45) is 1.42. The highest BCUT2D eigenvalue weighted by atomic mass is 35.5. The van der Waals surface area contributed by atoms with Gasteiger partial charge in [-0.2, -0.15) is 0 Å². The second-order valence-corrected chi connectivity index (χ2v) is 6.52. The minimum Gasteiger partial charge on any atom is -0.359 e. The molecule has 0 fully saturated rings. The maximum atomic E-state index is 12.1. The van der Waals surface area contributed by atoms with E-state index in [2.05, 4.69) is 16.6 Å². The van der Waals surface area contributed by atoms with E-state index in [0.717, 1.165) is 0 Å². The standard InChI is InChI=1S/C14H17ClN2O4S/c1-3-8-17-22(20,21)13-9-10(4-5-11(13)15)12(18)6-7-14(19)16-2/h3-5,9,17H,1,6-8H2,2H3,(H,16,19). The summed E-state index contributed by atoms with van der Waals surface area (Å²) in [5.74, 6) is -0.594. The Hall–Kier alpha value is -1.70. The SMILES string of the molecule is C=CCNS(=O)(=O)c1cc(C(=O)CCC(=O)NC)ccc1Cl. The molecular weight excluding hydrogens is 328 g/mol. The summed E-state index contributed by atoms with van der Waals surface area (Å²) in [7, 11) is -2.35. The molecule has 0 unspecified atom stereocenters. The number of hydrogen-bond donors (Lipinski definition) is 2. The number of nitrogens with one attached hydrogen (secondary N) is 2. The van der Waals surface area contributed by atoms with Gasteiger partial charge in [0.05, 0.1) is 5.02 Å². The van der Waals surface area contributed by atoms with Crippen molar-refractivity contribution in [3.63, 3.8) is 0 Å². The van der Waals surface area contributed by atoms with E-state index in [9.17, 15) is 18.0 Å². The summed E-state index contributed by atoms with van der Waals surface area (Å²) in [6, 6.07) is 3.98. The van der Waals surface area contributed by atoms with Gasteiger partial charge in [0, 0.05) is 32.0 Å². The van der Waals surface area contributed by atoms with E-state index in [4.69, 9.17) is 11.6 Å². The van der Waals surface area contributed by atoms with Crippen molar-refractivity contribution in [1.29, 1.82) is 0 Å². The zero-order valence-electron chi connectivity index (χ0n) is 12.1. The molecule has 0 aromatic heterocycles. The fraction of sp³-hybridized carbons (Fsp3) is 0.286. The Morgan fingerprint density at radius 2 is 2.00 bits per heavy atom. The monoisotopic (exact) mass is 344 g/mol. The minimum atomic E-state index is -3.83. The summed E-state index contributed by atoms with van der Waals surface area (Å²) >= 11 is 5.89. The first kappa shape index (κ1) is 18.3. The third-order valence-electron chi connectivity index (χ3n) is 2.82. The molecule has 120 valence electrons. The Labute approximate surface area is 134 Å². The molecule has 0 aliphatic carbocycles. The molecule has 0 aliphatic heterocycles. The number of ketones is 1. The third kappa shape index (κ3) is 4.94. The fourth-order valence-electron chi connectivity index (χ4n) is 1.63. The number of carbonyl (C=O) groups excluding carboxylic acids is 2. The van der Waals surface area contributed by atoms with Crippen LogP contribution in [0.3, 0.4) is 0 Å². The number of amides is 1. The summed E-state index contributed by atoms with van der Waals surface area (Å²) in [5, 5.41) is 2.43. The lowest BCUT2D eigenvalue weighted by atomic mass is 10.1. The van der Waals surface area contributed by atoms with Crippen LogP contribution in [0.2, 0.25) is 5.02 Å². The van der Waals surface area contributed by atoms with Crippen LogP contribution < -0.4 is 10.0 Å². The number of hydrogen-bond acceptors (Lipinski definition) is 4. The van der Waals surface area contributed by atoms with E-state index in [-0.39, 0.29) is 46.6 Å². The van der Waals surface area contributed by atoms with Crippen LogP contribution in [0.1, 0.15) is 23.2 Å². The fourth-order valence-corrected chi connectivity index (χ4v) is 3.15. The maximum absolute atomic E-state index is 12.1. The van der Waals surface area contributed by atoms with Gasteiger partial charge >= 0.3 is 0 Å². The number of sulfonamides is 1. The molecule has 0 heterocycles. The number of carbonyl (C=O) groups is 2. The average Bonchev–Trinajstić information content (AvgIpc) is 2.50. The predicted octanol–water partition coefficient (Wildman–Crippen LogP) is 1.51. The van der Waals surface area contributed by atoms with Gasteiger partial charge < -0.3 is 5.32 Å². The van der Waals surface area contributed by atoms with E-state index in [1.165, 1.54) is 31.3 Å². The van der Waals surface area contributed by atoms with Gasteiger partial charge in [0.25, 0.3) is 0 Å². The second kappa shape index (κ2) is 8.07. The van der Waals surface area contributed by atoms with E-state index in [1.807, 2.05) is 0 Å². The second-order valence-electron chi connectivity index (χ2n) is 4.38. The summed E-state index contributed by atoms with van der Waals surface area (Å²) < 4.78 is 26.4. The smallest absolute Gasteiger partial charge is 0.242 e.